The van der Waals surface area contributed by atoms with Crippen LogP contribution in [0.1, 0.15) is 18.1 Å². The lowest BCUT2D eigenvalue weighted by atomic mass is 10.1. The van der Waals surface area contributed by atoms with Crippen LogP contribution in [0.25, 0.3) is 0 Å². The van der Waals surface area contributed by atoms with E-state index < -0.39 is 11.6 Å². The number of para-hydroxylation sites is 1. The van der Waals surface area contributed by atoms with Crippen LogP contribution in [0.2, 0.25) is 0 Å². The van der Waals surface area contributed by atoms with Crippen LogP contribution >= 0.6 is 0 Å². The largest absolute Gasteiger partial charge is 0.381 e. The average molecular weight is 247 g/mol. The summed E-state index contributed by atoms with van der Waals surface area (Å²) in [5.74, 6) is -1.03. The Morgan fingerprint density at radius 1 is 0.944 bits per heavy atom. The second-order valence-electron chi connectivity index (χ2n) is 4.06. The molecule has 0 saturated heterocycles. The molecule has 0 aliphatic heterocycles. The number of rotatable bonds is 4. The molecule has 3 heteroatoms. The highest BCUT2D eigenvalue weighted by molar-refractivity contribution is 5.51. The maximum atomic E-state index is 13.5. The van der Waals surface area contributed by atoms with Gasteiger partial charge in [-0.2, -0.15) is 0 Å². The van der Waals surface area contributed by atoms with E-state index in [4.69, 9.17) is 0 Å². The first-order chi connectivity index (χ1) is 8.72. The maximum absolute atomic E-state index is 13.5. The fourth-order valence-corrected chi connectivity index (χ4v) is 1.89. The number of halogens is 2. The molecule has 1 N–H and O–H groups in total. The smallest absolute Gasteiger partial charge is 0.131 e. The number of nitrogens with one attached hydrogen (secondary N) is 1. The molecule has 0 radical (unpaired) electrons. The highest BCUT2D eigenvalue weighted by Gasteiger charge is 2.08. The molecule has 2 aromatic rings. The fourth-order valence-electron chi connectivity index (χ4n) is 1.89. The second-order valence-corrected chi connectivity index (χ2v) is 4.06. The Bertz CT molecular complexity index is 518. The van der Waals surface area contributed by atoms with Crippen molar-refractivity contribution in [1.29, 1.82) is 0 Å². The third-order valence-electron chi connectivity index (χ3n) is 2.92. The summed E-state index contributed by atoms with van der Waals surface area (Å²) in [6, 6.07) is 11.7. The van der Waals surface area contributed by atoms with Crippen molar-refractivity contribution >= 4 is 5.69 Å². The Morgan fingerprint density at radius 3 is 2.28 bits per heavy atom. The number of aryl methyl sites for hydroxylation is 1. The zero-order valence-electron chi connectivity index (χ0n) is 10.2. The van der Waals surface area contributed by atoms with Crippen molar-refractivity contribution in [3.8, 4) is 0 Å². The molecule has 2 aromatic carbocycles. The molecule has 0 aromatic heterocycles. The first-order valence-corrected chi connectivity index (χ1v) is 5.97. The SMILES string of the molecule is CCc1ccccc1NCc1c(F)cccc1F. The molecular weight excluding hydrogens is 232 g/mol. The van der Waals surface area contributed by atoms with Crippen molar-refractivity contribution in [3.05, 3.63) is 65.2 Å². The van der Waals surface area contributed by atoms with Crippen molar-refractivity contribution in [1.82, 2.24) is 0 Å². The van der Waals surface area contributed by atoms with Crippen LogP contribution in [0.15, 0.2) is 42.5 Å². The molecule has 0 atom stereocenters. The van der Waals surface area contributed by atoms with Crippen LogP contribution < -0.4 is 5.32 Å². The summed E-state index contributed by atoms with van der Waals surface area (Å²) in [6.45, 7) is 2.19. The molecular formula is C15H15F2N. The van der Waals surface area contributed by atoms with Gasteiger partial charge in [0, 0.05) is 17.8 Å². The number of hydrogen-bond donors (Lipinski definition) is 1. The lowest BCUT2D eigenvalue weighted by molar-refractivity contribution is 0.560. The van der Waals surface area contributed by atoms with Crippen molar-refractivity contribution in [2.24, 2.45) is 0 Å². The van der Waals surface area contributed by atoms with Crippen LogP contribution in [0.4, 0.5) is 14.5 Å². The van der Waals surface area contributed by atoms with Crippen molar-refractivity contribution in [3.63, 3.8) is 0 Å². The van der Waals surface area contributed by atoms with E-state index in [9.17, 15) is 8.78 Å². The molecule has 18 heavy (non-hydrogen) atoms. The van der Waals surface area contributed by atoms with E-state index in [1.807, 2.05) is 31.2 Å². The number of anilines is 1. The van der Waals surface area contributed by atoms with Crippen LogP contribution in [0.5, 0.6) is 0 Å². The zero-order chi connectivity index (χ0) is 13.0. The lowest BCUT2D eigenvalue weighted by Crippen LogP contribution is -2.06. The average Bonchev–Trinajstić information content (AvgIpc) is 2.38. The topological polar surface area (TPSA) is 12.0 Å². The molecule has 94 valence electrons. The van der Waals surface area contributed by atoms with Gasteiger partial charge in [0.25, 0.3) is 0 Å². The highest BCUT2D eigenvalue weighted by atomic mass is 19.1. The van der Waals surface area contributed by atoms with Gasteiger partial charge in [-0.1, -0.05) is 31.2 Å². The van der Waals surface area contributed by atoms with Gasteiger partial charge in [0.05, 0.1) is 0 Å². The summed E-state index contributed by atoms with van der Waals surface area (Å²) in [6.07, 6.45) is 0.878. The molecule has 1 nitrogen and oxygen atoms in total. The maximum Gasteiger partial charge on any atom is 0.131 e. The normalized spacial score (nSPS) is 10.4. The molecule has 0 saturated carbocycles. The molecule has 0 fully saturated rings. The van der Waals surface area contributed by atoms with E-state index >= 15 is 0 Å². The summed E-state index contributed by atoms with van der Waals surface area (Å²) in [5.41, 5.74) is 2.13. The van der Waals surface area contributed by atoms with Gasteiger partial charge >= 0.3 is 0 Å². The summed E-state index contributed by atoms with van der Waals surface area (Å²) in [7, 11) is 0. The van der Waals surface area contributed by atoms with E-state index in [1.54, 1.807) is 0 Å². The Morgan fingerprint density at radius 2 is 1.61 bits per heavy atom. The van der Waals surface area contributed by atoms with Crippen LogP contribution in [-0.2, 0) is 13.0 Å². The van der Waals surface area contributed by atoms with Crippen molar-refractivity contribution in [2.75, 3.05) is 5.32 Å². The Labute approximate surface area is 105 Å². The molecule has 0 amide bonds. The minimum Gasteiger partial charge on any atom is -0.381 e. The quantitative estimate of drug-likeness (QED) is 0.856. The van der Waals surface area contributed by atoms with E-state index in [0.29, 0.717) is 0 Å². The van der Waals surface area contributed by atoms with Gasteiger partial charge in [0.15, 0.2) is 0 Å². The van der Waals surface area contributed by atoms with Gasteiger partial charge in [0.1, 0.15) is 11.6 Å². The van der Waals surface area contributed by atoms with Gasteiger partial charge in [-0.15, -0.1) is 0 Å². The number of hydrogen-bond acceptors (Lipinski definition) is 1. The summed E-state index contributed by atoms with van der Waals surface area (Å²) in [4.78, 5) is 0. The highest BCUT2D eigenvalue weighted by Crippen LogP contribution is 2.18. The molecule has 0 spiro atoms. The molecule has 0 heterocycles. The van der Waals surface area contributed by atoms with Crippen molar-refractivity contribution < 1.29 is 8.78 Å². The zero-order valence-corrected chi connectivity index (χ0v) is 10.2. The molecule has 0 unspecified atom stereocenters. The van der Waals surface area contributed by atoms with Gasteiger partial charge in [-0.05, 0) is 30.2 Å². The Hall–Kier alpha value is -1.90. The van der Waals surface area contributed by atoms with E-state index in [0.717, 1.165) is 17.7 Å². The first-order valence-electron chi connectivity index (χ1n) is 5.97. The van der Waals surface area contributed by atoms with E-state index in [-0.39, 0.29) is 12.1 Å². The van der Waals surface area contributed by atoms with Crippen molar-refractivity contribution in [2.45, 2.75) is 19.9 Å². The second kappa shape index (κ2) is 5.63. The third kappa shape index (κ3) is 2.67. The van der Waals surface area contributed by atoms with Gasteiger partial charge in [0.2, 0.25) is 0 Å². The first kappa shape index (κ1) is 12.6. The molecule has 0 bridgehead atoms. The van der Waals surface area contributed by atoms with Crippen LogP contribution in [0, 0.1) is 11.6 Å². The van der Waals surface area contributed by atoms with Gasteiger partial charge < -0.3 is 5.32 Å². The molecule has 0 aliphatic rings. The van der Waals surface area contributed by atoms with E-state index in [1.165, 1.54) is 18.2 Å². The monoisotopic (exact) mass is 247 g/mol. The predicted octanol–water partition coefficient (Wildman–Crippen LogP) is 4.14. The third-order valence-corrected chi connectivity index (χ3v) is 2.92. The molecule has 2 rings (SSSR count). The lowest BCUT2D eigenvalue weighted by Gasteiger charge is -2.11. The minimum absolute atomic E-state index is 0.0726. The Kier molecular flexibility index (Phi) is 3.92. The Balaban J connectivity index is 2.16. The predicted molar refractivity (Wildman–Crippen MR) is 69.5 cm³/mol. The minimum atomic E-state index is -0.517. The van der Waals surface area contributed by atoms with Crippen LogP contribution in [-0.4, -0.2) is 0 Å². The van der Waals surface area contributed by atoms with Crippen LogP contribution in [0.3, 0.4) is 0 Å². The summed E-state index contributed by atoms with van der Waals surface area (Å²) in [5, 5.41) is 3.08. The van der Waals surface area contributed by atoms with Gasteiger partial charge in [-0.3, -0.25) is 0 Å². The number of benzene rings is 2. The summed E-state index contributed by atoms with van der Waals surface area (Å²) < 4.78 is 26.9. The fraction of sp³-hybridized carbons (Fsp3) is 0.200. The van der Waals surface area contributed by atoms with E-state index in [2.05, 4.69) is 5.32 Å². The summed E-state index contributed by atoms with van der Waals surface area (Å²) >= 11 is 0. The standard InChI is InChI=1S/C15H15F2N/c1-2-11-6-3-4-9-15(11)18-10-12-13(16)7-5-8-14(12)17/h3-9,18H,2,10H2,1H3. The van der Waals surface area contributed by atoms with Gasteiger partial charge in [-0.25, -0.2) is 8.78 Å². The molecule has 0 aliphatic carbocycles.